The highest BCUT2D eigenvalue weighted by Gasteiger charge is 2.22. The summed E-state index contributed by atoms with van der Waals surface area (Å²) in [7, 11) is 1.89. The van der Waals surface area contributed by atoms with Gasteiger partial charge in [-0.25, -0.2) is 0 Å². The number of hydrogen-bond acceptors (Lipinski definition) is 4. The number of nitrogens with two attached hydrogens (primary N) is 1. The summed E-state index contributed by atoms with van der Waals surface area (Å²) in [5, 5.41) is 8.93. The van der Waals surface area contributed by atoms with E-state index in [0.717, 1.165) is 12.2 Å². The fourth-order valence-corrected chi connectivity index (χ4v) is 2.17. The second-order valence-corrected chi connectivity index (χ2v) is 6.01. The molecule has 21 heavy (non-hydrogen) atoms. The first-order valence-electron chi connectivity index (χ1n) is 7.00. The highest BCUT2D eigenvalue weighted by Crippen LogP contribution is 2.16. The van der Waals surface area contributed by atoms with Crippen molar-refractivity contribution < 1.29 is 4.79 Å². The molecule has 0 heterocycles. The van der Waals surface area contributed by atoms with Crippen LogP contribution in [0.2, 0.25) is 0 Å². The van der Waals surface area contributed by atoms with Crippen molar-refractivity contribution in [2.75, 3.05) is 38.1 Å². The van der Waals surface area contributed by atoms with Crippen LogP contribution in [0.5, 0.6) is 0 Å². The second-order valence-electron chi connectivity index (χ2n) is 6.01. The number of anilines is 1. The van der Waals surface area contributed by atoms with E-state index in [-0.39, 0.29) is 24.4 Å². The van der Waals surface area contributed by atoms with Crippen molar-refractivity contribution in [2.45, 2.75) is 13.8 Å². The third-order valence-corrected chi connectivity index (χ3v) is 3.25. The van der Waals surface area contributed by atoms with Gasteiger partial charge in [-0.2, -0.15) is 5.26 Å². The quantitative estimate of drug-likeness (QED) is 0.771. The molecule has 1 amide bonds. The lowest BCUT2D eigenvalue weighted by molar-refractivity contribution is -0.119. The maximum atomic E-state index is 12.4. The lowest BCUT2D eigenvalue weighted by atomic mass is 9.93. The minimum atomic E-state index is -0.0851. The molecule has 0 saturated heterocycles. The first-order valence-corrected chi connectivity index (χ1v) is 7.00. The van der Waals surface area contributed by atoms with Gasteiger partial charge in [0.1, 0.15) is 6.54 Å². The molecule has 0 aliphatic heterocycles. The van der Waals surface area contributed by atoms with Gasteiger partial charge in [0.15, 0.2) is 0 Å². The number of amides is 1. The molecule has 1 rings (SSSR count). The van der Waals surface area contributed by atoms with Crippen molar-refractivity contribution in [3.05, 3.63) is 30.3 Å². The Morgan fingerprint density at radius 2 is 1.95 bits per heavy atom. The Morgan fingerprint density at radius 3 is 2.48 bits per heavy atom. The smallest absolute Gasteiger partial charge is 0.242 e. The van der Waals surface area contributed by atoms with Gasteiger partial charge in [-0.15, -0.1) is 0 Å². The molecule has 0 aromatic heterocycles. The van der Waals surface area contributed by atoms with Crippen LogP contribution >= 0.6 is 0 Å². The normalized spacial score (nSPS) is 11.2. The largest absolute Gasteiger partial charge is 0.330 e. The third-order valence-electron chi connectivity index (χ3n) is 3.25. The molecule has 0 aliphatic rings. The molecule has 0 unspecified atom stereocenters. The van der Waals surface area contributed by atoms with Crippen molar-refractivity contribution in [1.82, 2.24) is 4.90 Å². The number of likely N-dealkylation sites (N-methyl/N-ethyl adjacent to an activating group) is 1. The van der Waals surface area contributed by atoms with Crippen LogP contribution in [0.15, 0.2) is 30.3 Å². The molecule has 0 fully saturated rings. The zero-order valence-electron chi connectivity index (χ0n) is 13.0. The van der Waals surface area contributed by atoms with Crippen molar-refractivity contribution in [2.24, 2.45) is 11.1 Å². The Hall–Kier alpha value is -1.90. The van der Waals surface area contributed by atoms with Crippen LogP contribution in [0.25, 0.3) is 0 Å². The van der Waals surface area contributed by atoms with Gasteiger partial charge in [-0.05, 0) is 31.1 Å². The van der Waals surface area contributed by atoms with Gasteiger partial charge in [0.05, 0.1) is 12.6 Å². The van der Waals surface area contributed by atoms with E-state index in [2.05, 4.69) is 13.8 Å². The summed E-state index contributed by atoms with van der Waals surface area (Å²) in [6.45, 7) is 5.74. The van der Waals surface area contributed by atoms with E-state index in [1.807, 2.05) is 48.3 Å². The molecule has 114 valence electrons. The Kier molecular flexibility index (Phi) is 6.35. The van der Waals surface area contributed by atoms with E-state index in [1.165, 1.54) is 4.90 Å². The standard InChI is InChI=1S/C16H24N4O/c1-16(2,12-18)13-19(3)11-15(21)20(10-9-17)14-7-5-4-6-8-14/h4-8H,10-13,18H2,1-3H3. The highest BCUT2D eigenvalue weighted by atomic mass is 16.2. The third kappa shape index (κ3) is 5.54. The van der Waals surface area contributed by atoms with E-state index in [1.54, 1.807) is 0 Å². The summed E-state index contributed by atoms with van der Waals surface area (Å²) in [6.07, 6.45) is 0. The average Bonchev–Trinajstić information content (AvgIpc) is 2.44. The monoisotopic (exact) mass is 288 g/mol. The van der Waals surface area contributed by atoms with E-state index in [4.69, 9.17) is 11.0 Å². The molecule has 5 nitrogen and oxygen atoms in total. The number of rotatable bonds is 7. The Bertz CT molecular complexity index is 493. The van der Waals surface area contributed by atoms with Crippen LogP contribution in [0, 0.1) is 16.7 Å². The zero-order chi connectivity index (χ0) is 15.9. The number of hydrogen-bond donors (Lipinski definition) is 1. The molecule has 2 N–H and O–H groups in total. The van der Waals surface area contributed by atoms with Gasteiger partial charge in [-0.3, -0.25) is 14.6 Å². The van der Waals surface area contributed by atoms with Crippen molar-refractivity contribution in [3.8, 4) is 6.07 Å². The summed E-state index contributed by atoms with van der Waals surface area (Å²) in [5.74, 6) is -0.0851. The van der Waals surface area contributed by atoms with Crippen LogP contribution in [0.4, 0.5) is 5.69 Å². The first-order chi connectivity index (χ1) is 9.89. The molecule has 1 aromatic rings. The summed E-state index contributed by atoms with van der Waals surface area (Å²) in [5.41, 5.74) is 6.42. The first kappa shape index (κ1) is 17.2. The average molecular weight is 288 g/mol. The van der Waals surface area contributed by atoms with Gasteiger partial charge < -0.3 is 5.73 Å². The summed E-state index contributed by atoms with van der Waals surface area (Å²) in [4.78, 5) is 15.9. The van der Waals surface area contributed by atoms with Gasteiger partial charge in [-0.1, -0.05) is 32.0 Å². The number of para-hydroxylation sites is 1. The van der Waals surface area contributed by atoms with Crippen LogP contribution in [0.1, 0.15) is 13.8 Å². The second kappa shape index (κ2) is 7.77. The molecule has 1 aromatic carbocycles. The zero-order valence-corrected chi connectivity index (χ0v) is 13.0. The van der Waals surface area contributed by atoms with Crippen molar-refractivity contribution in [1.29, 1.82) is 5.26 Å². The topological polar surface area (TPSA) is 73.4 Å². The summed E-state index contributed by atoms with van der Waals surface area (Å²) >= 11 is 0. The molecule has 0 radical (unpaired) electrons. The number of carbonyl (C=O) groups excluding carboxylic acids is 1. The lowest BCUT2D eigenvalue weighted by Gasteiger charge is -2.30. The van der Waals surface area contributed by atoms with Gasteiger partial charge in [0.25, 0.3) is 0 Å². The Balaban J connectivity index is 2.73. The highest BCUT2D eigenvalue weighted by molar-refractivity contribution is 5.95. The van der Waals surface area contributed by atoms with Crippen LogP contribution in [-0.2, 0) is 4.79 Å². The van der Waals surface area contributed by atoms with E-state index >= 15 is 0 Å². The molecule has 0 spiro atoms. The maximum absolute atomic E-state index is 12.4. The molecule has 0 saturated carbocycles. The molecular weight excluding hydrogens is 264 g/mol. The van der Waals surface area contributed by atoms with E-state index in [0.29, 0.717) is 6.54 Å². The fourth-order valence-electron chi connectivity index (χ4n) is 2.17. The Labute approximate surface area is 126 Å². The lowest BCUT2D eigenvalue weighted by Crippen LogP contribution is -2.43. The predicted octanol–water partition coefficient (Wildman–Crippen LogP) is 1.46. The Morgan fingerprint density at radius 1 is 1.33 bits per heavy atom. The molecular formula is C16H24N4O. The molecule has 0 bridgehead atoms. The number of carbonyl (C=O) groups is 1. The molecule has 0 atom stereocenters. The summed E-state index contributed by atoms with van der Waals surface area (Å²) in [6, 6.07) is 11.3. The number of nitrogens with zero attached hydrogens (tertiary/aromatic N) is 3. The molecule has 0 aliphatic carbocycles. The van der Waals surface area contributed by atoms with Crippen LogP contribution in [0.3, 0.4) is 0 Å². The maximum Gasteiger partial charge on any atom is 0.242 e. The van der Waals surface area contributed by atoms with Gasteiger partial charge in [0.2, 0.25) is 5.91 Å². The van der Waals surface area contributed by atoms with Crippen molar-refractivity contribution >= 4 is 11.6 Å². The van der Waals surface area contributed by atoms with Crippen LogP contribution < -0.4 is 10.6 Å². The minimum absolute atomic E-state index is 0.0398. The van der Waals surface area contributed by atoms with Crippen LogP contribution in [-0.4, -0.2) is 44.0 Å². The fraction of sp³-hybridized carbons (Fsp3) is 0.500. The predicted molar refractivity (Wildman–Crippen MR) is 84.7 cm³/mol. The van der Waals surface area contributed by atoms with E-state index in [9.17, 15) is 4.79 Å². The van der Waals surface area contributed by atoms with Gasteiger partial charge >= 0.3 is 0 Å². The minimum Gasteiger partial charge on any atom is -0.330 e. The number of nitriles is 1. The number of benzene rings is 1. The molecule has 5 heteroatoms. The van der Waals surface area contributed by atoms with E-state index < -0.39 is 0 Å². The summed E-state index contributed by atoms with van der Waals surface area (Å²) < 4.78 is 0. The SMILES string of the molecule is CN(CC(=O)N(CC#N)c1ccccc1)CC(C)(C)CN. The van der Waals surface area contributed by atoms with Gasteiger partial charge in [0, 0.05) is 12.2 Å². The van der Waals surface area contributed by atoms with Crippen molar-refractivity contribution in [3.63, 3.8) is 0 Å².